The molecular weight excluding hydrogens is 194 g/mol. The highest BCUT2D eigenvalue weighted by atomic mass is 19.3. The molecule has 1 aromatic rings. The molecule has 1 aliphatic heterocycles. The van der Waals surface area contributed by atoms with Crippen LogP contribution < -0.4 is 10.1 Å². The Morgan fingerprint density at radius 2 is 2.21 bits per heavy atom. The normalized spacial score (nSPS) is 17.5. The molecule has 0 radical (unpaired) electrons. The maximum absolute atomic E-state index is 13.1. The van der Waals surface area contributed by atoms with E-state index in [0.717, 1.165) is 0 Å². The molecule has 0 saturated carbocycles. The molecule has 74 valence electrons. The molecule has 0 saturated heterocycles. The molecule has 0 bridgehead atoms. The summed E-state index contributed by atoms with van der Waals surface area (Å²) in [6.07, 6.45) is 0. The van der Waals surface area contributed by atoms with Crippen LogP contribution in [0.25, 0.3) is 0 Å². The van der Waals surface area contributed by atoms with Crippen molar-refractivity contribution < 1.29 is 18.3 Å². The van der Waals surface area contributed by atoms with Gasteiger partial charge in [0.25, 0.3) is 0 Å². The SMILES string of the molecule is COc1ccc2c(n1)C(F)(F)C(=O)N2. The van der Waals surface area contributed by atoms with Gasteiger partial charge in [-0.3, -0.25) is 4.79 Å². The molecule has 0 spiro atoms. The number of carbonyl (C=O) groups is 1. The lowest BCUT2D eigenvalue weighted by molar-refractivity contribution is -0.139. The van der Waals surface area contributed by atoms with Crippen LogP contribution in [0, 0.1) is 0 Å². The number of anilines is 1. The van der Waals surface area contributed by atoms with Crippen molar-refractivity contribution in [3.63, 3.8) is 0 Å². The Labute approximate surface area is 77.9 Å². The van der Waals surface area contributed by atoms with Crippen LogP contribution in [0.2, 0.25) is 0 Å². The average Bonchev–Trinajstić information content (AvgIpc) is 2.38. The van der Waals surface area contributed by atoms with Gasteiger partial charge in [0.2, 0.25) is 5.88 Å². The van der Waals surface area contributed by atoms with Gasteiger partial charge in [0.1, 0.15) is 5.69 Å². The molecule has 1 aliphatic rings. The first kappa shape index (κ1) is 8.86. The van der Waals surface area contributed by atoms with E-state index in [4.69, 9.17) is 0 Å². The number of halogens is 2. The molecule has 2 heterocycles. The number of pyridine rings is 1. The minimum Gasteiger partial charge on any atom is -0.481 e. The number of rotatable bonds is 1. The summed E-state index contributed by atoms with van der Waals surface area (Å²) in [4.78, 5) is 14.3. The zero-order chi connectivity index (χ0) is 10.3. The summed E-state index contributed by atoms with van der Waals surface area (Å²) in [6, 6.07) is 2.74. The minimum absolute atomic E-state index is 0.0285. The maximum Gasteiger partial charge on any atom is 0.368 e. The highest BCUT2D eigenvalue weighted by Crippen LogP contribution is 2.39. The van der Waals surface area contributed by atoms with E-state index >= 15 is 0 Å². The quantitative estimate of drug-likeness (QED) is 0.739. The number of alkyl halides is 2. The fourth-order valence-electron chi connectivity index (χ4n) is 1.20. The van der Waals surface area contributed by atoms with Crippen molar-refractivity contribution in [3.05, 3.63) is 17.8 Å². The molecule has 6 heteroatoms. The van der Waals surface area contributed by atoms with Gasteiger partial charge in [-0.05, 0) is 6.07 Å². The van der Waals surface area contributed by atoms with Gasteiger partial charge in [-0.25, -0.2) is 4.98 Å². The highest BCUT2D eigenvalue weighted by Gasteiger charge is 2.50. The van der Waals surface area contributed by atoms with E-state index in [1.165, 1.54) is 19.2 Å². The van der Waals surface area contributed by atoms with Gasteiger partial charge in [-0.1, -0.05) is 0 Å². The maximum atomic E-state index is 13.1. The third kappa shape index (κ3) is 1.03. The van der Waals surface area contributed by atoms with Gasteiger partial charge in [-0.2, -0.15) is 8.78 Å². The number of amides is 1. The second-order valence-corrected chi connectivity index (χ2v) is 2.78. The van der Waals surface area contributed by atoms with E-state index in [9.17, 15) is 13.6 Å². The molecule has 2 rings (SSSR count). The van der Waals surface area contributed by atoms with E-state index in [1.807, 2.05) is 5.32 Å². The number of nitrogens with zero attached hydrogens (tertiary/aromatic N) is 1. The average molecular weight is 200 g/mol. The molecule has 4 nitrogen and oxygen atoms in total. The predicted octanol–water partition coefficient (Wildman–Crippen LogP) is 1.13. The van der Waals surface area contributed by atoms with Crippen LogP contribution in [0.1, 0.15) is 5.69 Å². The number of hydrogen-bond acceptors (Lipinski definition) is 3. The lowest BCUT2D eigenvalue weighted by Crippen LogP contribution is -2.24. The zero-order valence-electron chi connectivity index (χ0n) is 7.17. The van der Waals surface area contributed by atoms with Crippen LogP contribution in [0.3, 0.4) is 0 Å². The van der Waals surface area contributed by atoms with Gasteiger partial charge >= 0.3 is 11.8 Å². The standard InChI is InChI=1S/C8H6F2N2O2/c1-14-5-3-2-4-6(12-5)8(9,10)7(13)11-4/h2-3H,1H3,(H,11,13). The van der Waals surface area contributed by atoms with Crippen molar-refractivity contribution >= 4 is 11.6 Å². The van der Waals surface area contributed by atoms with Gasteiger partial charge in [-0.15, -0.1) is 0 Å². The van der Waals surface area contributed by atoms with Crippen LogP contribution in [-0.4, -0.2) is 18.0 Å². The second-order valence-electron chi connectivity index (χ2n) is 2.78. The number of hydrogen-bond donors (Lipinski definition) is 1. The van der Waals surface area contributed by atoms with Gasteiger partial charge in [0, 0.05) is 6.07 Å². The highest BCUT2D eigenvalue weighted by molar-refractivity contribution is 6.03. The summed E-state index contributed by atoms with van der Waals surface area (Å²) in [5.74, 6) is -4.86. The van der Waals surface area contributed by atoms with Gasteiger partial charge in [0.15, 0.2) is 0 Å². The van der Waals surface area contributed by atoms with Crippen molar-refractivity contribution in [1.82, 2.24) is 4.98 Å². The number of nitrogens with one attached hydrogen (secondary N) is 1. The first-order chi connectivity index (χ1) is 6.55. The summed E-state index contributed by atoms with van der Waals surface area (Å²) in [7, 11) is 1.32. The fourth-order valence-corrected chi connectivity index (χ4v) is 1.20. The van der Waals surface area contributed by atoms with E-state index in [0.29, 0.717) is 0 Å². The number of fused-ring (bicyclic) bond motifs is 1. The number of ether oxygens (including phenoxy) is 1. The molecule has 0 aliphatic carbocycles. The third-order valence-corrected chi connectivity index (χ3v) is 1.91. The van der Waals surface area contributed by atoms with E-state index < -0.39 is 17.5 Å². The Hall–Kier alpha value is -1.72. The van der Waals surface area contributed by atoms with Crippen LogP contribution in [-0.2, 0) is 10.7 Å². The Morgan fingerprint density at radius 1 is 1.50 bits per heavy atom. The minimum atomic E-state index is -3.57. The monoisotopic (exact) mass is 200 g/mol. The van der Waals surface area contributed by atoms with Crippen LogP contribution >= 0.6 is 0 Å². The molecule has 1 N–H and O–H groups in total. The smallest absolute Gasteiger partial charge is 0.368 e. The molecule has 0 fully saturated rings. The summed E-state index contributed by atoms with van der Waals surface area (Å²) >= 11 is 0. The molecule has 0 atom stereocenters. The Balaban J connectivity index is 2.56. The zero-order valence-corrected chi connectivity index (χ0v) is 7.17. The first-order valence-corrected chi connectivity index (χ1v) is 3.80. The number of carbonyl (C=O) groups excluding carboxylic acids is 1. The molecule has 14 heavy (non-hydrogen) atoms. The largest absolute Gasteiger partial charge is 0.481 e. The lowest BCUT2D eigenvalue weighted by Gasteiger charge is -2.06. The third-order valence-electron chi connectivity index (χ3n) is 1.91. The molecule has 0 aromatic carbocycles. The molecular formula is C8H6F2N2O2. The van der Waals surface area contributed by atoms with Crippen LogP contribution in [0.5, 0.6) is 5.88 Å². The Morgan fingerprint density at radius 3 is 2.86 bits per heavy atom. The summed E-state index contributed by atoms with van der Waals surface area (Å²) in [5.41, 5.74) is -0.553. The molecule has 1 amide bonds. The van der Waals surface area contributed by atoms with Crippen molar-refractivity contribution in [2.45, 2.75) is 5.92 Å². The van der Waals surface area contributed by atoms with Crippen molar-refractivity contribution in [2.24, 2.45) is 0 Å². The van der Waals surface area contributed by atoms with E-state index in [2.05, 4.69) is 9.72 Å². The first-order valence-electron chi connectivity index (χ1n) is 3.80. The fraction of sp³-hybridized carbons (Fsp3) is 0.250. The number of aromatic nitrogens is 1. The summed E-state index contributed by atoms with van der Waals surface area (Å²) in [6.45, 7) is 0. The lowest BCUT2D eigenvalue weighted by atomic mass is 10.2. The Bertz CT molecular complexity index is 406. The van der Waals surface area contributed by atoms with E-state index in [-0.39, 0.29) is 11.6 Å². The predicted molar refractivity (Wildman–Crippen MR) is 43.3 cm³/mol. The van der Waals surface area contributed by atoms with Crippen LogP contribution in [0.4, 0.5) is 14.5 Å². The topological polar surface area (TPSA) is 51.2 Å². The number of methoxy groups -OCH3 is 1. The summed E-state index contributed by atoms with van der Waals surface area (Å²) in [5, 5.41) is 2.03. The van der Waals surface area contributed by atoms with Crippen molar-refractivity contribution in [2.75, 3.05) is 12.4 Å². The van der Waals surface area contributed by atoms with Crippen molar-refractivity contribution in [3.8, 4) is 5.88 Å². The Kier molecular flexibility index (Phi) is 1.67. The molecule has 0 unspecified atom stereocenters. The summed E-state index contributed by atoms with van der Waals surface area (Å²) < 4.78 is 30.9. The van der Waals surface area contributed by atoms with Gasteiger partial charge < -0.3 is 10.1 Å². The second kappa shape index (κ2) is 2.63. The van der Waals surface area contributed by atoms with E-state index in [1.54, 1.807) is 0 Å². The van der Waals surface area contributed by atoms with Gasteiger partial charge in [0.05, 0.1) is 12.8 Å². The van der Waals surface area contributed by atoms with Crippen LogP contribution in [0.15, 0.2) is 12.1 Å². The molecule has 1 aromatic heterocycles. The van der Waals surface area contributed by atoms with Crippen molar-refractivity contribution in [1.29, 1.82) is 0 Å².